The second-order valence-electron chi connectivity index (χ2n) is 4.52. The number of likely N-dealkylation sites (tertiary alicyclic amines) is 1. The van der Waals surface area contributed by atoms with Crippen LogP contribution in [0.1, 0.15) is 12.0 Å². The van der Waals surface area contributed by atoms with Gasteiger partial charge in [0.1, 0.15) is 5.75 Å². The predicted molar refractivity (Wildman–Crippen MR) is 69.8 cm³/mol. The number of benzene rings is 1. The maximum absolute atomic E-state index is 11.7. The highest BCUT2D eigenvalue weighted by atomic mass is 16.5. The number of aliphatic imine (C=N–C) groups is 1. The fraction of sp³-hybridized carbons (Fsp3) is 0.429. The zero-order chi connectivity index (χ0) is 13.7. The number of ether oxygens (including phenoxy) is 1. The Hall–Kier alpha value is -2.13. The van der Waals surface area contributed by atoms with Crippen molar-refractivity contribution in [1.82, 2.24) is 4.90 Å². The fourth-order valence-electron chi connectivity index (χ4n) is 2.18. The van der Waals surface area contributed by atoms with Crippen LogP contribution in [0.4, 0.5) is 0 Å². The van der Waals surface area contributed by atoms with Gasteiger partial charge < -0.3 is 9.64 Å². The van der Waals surface area contributed by atoms with Crippen molar-refractivity contribution in [1.29, 1.82) is 0 Å². The average Bonchev–Trinajstić information content (AvgIpc) is 2.78. The number of rotatable bonds is 5. The maximum Gasteiger partial charge on any atom is 0.235 e. The van der Waals surface area contributed by atoms with Crippen LogP contribution >= 0.6 is 0 Å². The lowest BCUT2D eigenvalue weighted by molar-refractivity contribution is -0.127. The third-order valence-electron chi connectivity index (χ3n) is 3.26. The Morgan fingerprint density at radius 2 is 2.16 bits per heavy atom. The number of hydrogen-bond acceptors (Lipinski definition) is 4. The topological polar surface area (TPSA) is 59.0 Å². The summed E-state index contributed by atoms with van der Waals surface area (Å²) in [5.41, 5.74) is 1.15. The van der Waals surface area contributed by atoms with E-state index in [2.05, 4.69) is 4.99 Å². The first-order chi connectivity index (χ1) is 9.22. The van der Waals surface area contributed by atoms with Crippen molar-refractivity contribution in [3.63, 3.8) is 0 Å². The average molecular weight is 260 g/mol. The van der Waals surface area contributed by atoms with Crippen molar-refractivity contribution in [3.8, 4) is 5.75 Å². The first-order valence-electron chi connectivity index (χ1n) is 6.20. The van der Waals surface area contributed by atoms with Gasteiger partial charge in [-0.05, 0) is 24.1 Å². The van der Waals surface area contributed by atoms with Crippen molar-refractivity contribution >= 4 is 12.0 Å². The maximum atomic E-state index is 11.7. The van der Waals surface area contributed by atoms with Gasteiger partial charge in [0.15, 0.2) is 0 Å². The summed E-state index contributed by atoms with van der Waals surface area (Å²) in [5.74, 6) is 0.874. The minimum Gasteiger partial charge on any atom is -0.497 e. The number of hydrogen-bond donors (Lipinski definition) is 0. The molecule has 1 saturated heterocycles. The standard InChI is InChI=1S/C14H16N2O3/c1-19-13-4-2-11(3-5-13)6-7-16-9-12(15-10-17)8-14(16)18/h2-5,12H,6-9H2,1H3. The van der Waals surface area contributed by atoms with E-state index in [0.717, 1.165) is 17.7 Å². The van der Waals surface area contributed by atoms with E-state index in [1.807, 2.05) is 24.3 Å². The molecule has 19 heavy (non-hydrogen) atoms. The summed E-state index contributed by atoms with van der Waals surface area (Å²) in [6.45, 7) is 1.17. The van der Waals surface area contributed by atoms with E-state index in [1.165, 1.54) is 6.08 Å². The molecule has 1 amide bonds. The summed E-state index contributed by atoms with van der Waals surface area (Å²) >= 11 is 0. The van der Waals surface area contributed by atoms with Crippen LogP contribution in [-0.2, 0) is 16.0 Å². The van der Waals surface area contributed by atoms with Gasteiger partial charge in [-0.3, -0.25) is 4.79 Å². The van der Waals surface area contributed by atoms with E-state index < -0.39 is 0 Å². The lowest BCUT2D eigenvalue weighted by Gasteiger charge is -2.15. The SMILES string of the molecule is COc1ccc(CCN2CC(N=C=O)CC2=O)cc1. The lowest BCUT2D eigenvalue weighted by atomic mass is 10.1. The first-order valence-corrected chi connectivity index (χ1v) is 6.20. The van der Waals surface area contributed by atoms with Crippen LogP contribution in [0, 0.1) is 0 Å². The Balaban J connectivity index is 1.88. The molecule has 5 heteroatoms. The molecule has 1 atom stereocenters. The van der Waals surface area contributed by atoms with Gasteiger partial charge in [-0.1, -0.05) is 12.1 Å². The monoisotopic (exact) mass is 260 g/mol. The third-order valence-corrected chi connectivity index (χ3v) is 3.26. The largest absolute Gasteiger partial charge is 0.497 e. The normalized spacial score (nSPS) is 18.3. The molecular formula is C14H16N2O3. The number of carbonyl (C=O) groups is 1. The zero-order valence-electron chi connectivity index (χ0n) is 10.8. The highest BCUT2D eigenvalue weighted by molar-refractivity contribution is 5.79. The quantitative estimate of drug-likeness (QED) is 0.590. The number of isocyanates is 1. The molecule has 2 rings (SSSR count). The number of methoxy groups -OCH3 is 1. The van der Waals surface area contributed by atoms with Gasteiger partial charge >= 0.3 is 0 Å². The van der Waals surface area contributed by atoms with E-state index in [9.17, 15) is 9.59 Å². The minimum absolute atomic E-state index is 0.0533. The molecular weight excluding hydrogens is 244 g/mol. The Morgan fingerprint density at radius 1 is 1.42 bits per heavy atom. The summed E-state index contributed by atoms with van der Waals surface area (Å²) < 4.78 is 5.09. The fourth-order valence-corrected chi connectivity index (χ4v) is 2.18. The molecule has 1 aliphatic heterocycles. The molecule has 0 radical (unpaired) electrons. The Bertz CT molecular complexity index is 492. The van der Waals surface area contributed by atoms with Crippen LogP contribution in [0.3, 0.4) is 0 Å². The summed E-state index contributed by atoms with van der Waals surface area (Å²) in [6, 6.07) is 7.56. The zero-order valence-corrected chi connectivity index (χ0v) is 10.8. The van der Waals surface area contributed by atoms with Gasteiger partial charge in [-0.15, -0.1) is 0 Å². The van der Waals surface area contributed by atoms with Crippen molar-refractivity contribution in [2.24, 2.45) is 4.99 Å². The molecule has 1 unspecified atom stereocenters. The van der Waals surface area contributed by atoms with Crippen LogP contribution < -0.4 is 4.74 Å². The summed E-state index contributed by atoms with van der Waals surface area (Å²) in [5, 5.41) is 0. The van der Waals surface area contributed by atoms with E-state index >= 15 is 0 Å². The molecule has 0 aromatic heterocycles. The smallest absolute Gasteiger partial charge is 0.235 e. The molecule has 1 heterocycles. The molecule has 0 spiro atoms. The molecule has 5 nitrogen and oxygen atoms in total. The molecule has 100 valence electrons. The molecule has 0 saturated carbocycles. The van der Waals surface area contributed by atoms with Gasteiger partial charge in [0.2, 0.25) is 12.0 Å². The van der Waals surface area contributed by atoms with E-state index in [1.54, 1.807) is 12.0 Å². The second-order valence-corrected chi connectivity index (χ2v) is 4.52. The second kappa shape index (κ2) is 6.16. The number of amides is 1. The highest BCUT2D eigenvalue weighted by Gasteiger charge is 2.28. The summed E-state index contributed by atoms with van der Waals surface area (Å²) in [6.07, 6.45) is 2.62. The number of nitrogens with zero attached hydrogens (tertiary/aromatic N) is 2. The molecule has 0 N–H and O–H groups in total. The van der Waals surface area contributed by atoms with Gasteiger partial charge in [-0.2, -0.15) is 0 Å². The van der Waals surface area contributed by atoms with Gasteiger partial charge in [0, 0.05) is 13.1 Å². The predicted octanol–water partition coefficient (Wildman–Crippen LogP) is 1.17. The molecule has 1 fully saturated rings. The van der Waals surface area contributed by atoms with Crippen molar-refractivity contribution in [3.05, 3.63) is 29.8 Å². The van der Waals surface area contributed by atoms with Gasteiger partial charge in [-0.25, -0.2) is 9.79 Å². The Morgan fingerprint density at radius 3 is 2.79 bits per heavy atom. The van der Waals surface area contributed by atoms with Crippen LogP contribution in [0.15, 0.2) is 29.3 Å². The van der Waals surface area contributed by atoms with Crippen LogP contribution in [0.2, 0.25) is 0 Å². The highest BCUT2D eigenvalue weighted by Crippen LogP contribution is 2.16. The molecule has 1 aromatic carbocycles. The summed E-state index contributed by atoms with van der Waals surface area (Å²) in [4.78, 5) is 27.2. The van der Waals surface area contributed by atoms with E-state index in [-0.39, 0.29) is 11.9 Å². The molecule has 1 aromatic rings. The van der Waals surface area contributed by atoms with Gasteiger partial charge in [0.05, 0.1) is 19.6 Å². The summed E-state index contributed by atoms with van der Waals surface area (Å²) in [7, 11) is 1.63. The molecule has 1 aliphatic rings. The van der Waals surface area contributed by atoms with Crippen LogP contribution in [-0.4, -0.2) is 43.1 Å². The van der Waals surface area contributed by atoms with Crippen molar-refractivity contribution < 1.29 is 14.3 Å². The van der Waals surface area contributed by atoms with Crippen LogP contribution in [0.5, 0.6) is 5.75 Å². The first kappa shape index (κ1) is 13.3. The van der Waals surface area contributed by atoms with Crippen molar-refractivity contribution in [2.45, 2.75) is 18.9 Å². The van der Waals surface area contributed by atoms with Crippen molar-refractivity contribution in [2.75, 3.05) is 20.2 Å². The Kier molecular flexibility index (Phi) is 4.31. The Labute approximate surface area is 111 Å². The lowest BCUT2D eigenvalue weighted by Crippen LogP contribution is -2.27. The van der Waals surface area contributed by atoms with Crippen LogP contribution in [0.25, 0.3) is 0 Å². The molecule has 0 aliphatic carbocycles. The number of carbonyl (C=O) groups excluding carboxylic acids is 2. The molecule has 0 bridgehead atoms. The minimum atomic E-state index is -0.221. The van der Waals surface area contributed by atoms with E-state index in [0.29, 0.717) is 19.5 Å². The third kappa shape index (κ3) is 3.42. The van der Waals surface area contributed by atoms with Gasteiger partial charge in [0.25, 0.3) is 0 Å². The van der Waals surface area contributed by atoms with E-state index in [4.69, 9.17) is 4.74 Å².